The van der Waals surface area contributed by atoms with Crippen molar-refractivity contribution in [2.75, 3.05) is 0 Å². The first-order valence-corrected chi connectivity index (χ1v) is 6.71. The molecule has 2 aromatic heterocycles. The van der Waals surface area contributed by atoms with Crippen molar-refractivity contribution < 1.29 is 9.59 Å². The SMILES string of the molecule is NC(=O)c1cnc2c(c1)CC(C(N)=O)(c1cccnc1)C=C2. The predicted octanol–water partition coefficient (Wildman–Crippen LogP) is 0.568. The standard InChI is InChI=1S/C16H14N4O2/c17-14(21)11-6-10-7-16(15(18)22,4-3-13(10)20-8-11)12-2-1-5-19-9-12/h1-6,8-9H,7H2,(H2,17,21)(H2,18,22). The average molecular weight is 294 g/mol. The van der Waals surface area contributed by atoms with Crippen molar-refractivity contribution in [2.45, 2.75) is 11.8 Å². The second kappa shape index (κ2) is 5.07. The summed E-state index contributed by atoms with van der Waals surface area (Å²) < 4.78 is 0. The van der Waals surface area contributed by atoms with Gasteiger partial charge in [-0.3, -0.25) is 19.6 Å². The second-order valence-corrected chi connectivity index (χ2v) is 5.22. The molecule has 1 atom stereocenters. The fraction of sp³-hybridized carbons (Fsp3) is 0.125. The molecule has 1 aliphatic carbocycles. The van der Waals surface area contributed by atoms with Crippen LogP contribution in [0.2, 0.25) is 0 Å². The Kier molecular flexibility index (Phi) is 3.21. The lowest BCUT2D eigenvalue weighted by Gasteiger charge is -2.31. The van der Waals surface area contributed by atoms with Gasteiger partial charge in [-0.15, -0.1) is 0 Å². The third kappa shape index (κ3) is 2.14. The summed E-state index contributed by atoms with van der Waals surface area (Å²) in [5.74, 6) is -1.04. The van der Waals surface area contributed by atoms with Crippen molar-refractivity contribution in [1.29, 1.82) is 0 Å². The maximum atomic E-state index is 12.1. The number of carbonyl (C=O) groups is 2. The molecule has 0 bridgehead atoms. The fourth-order valence-corrected chi connectivity index (χ4v) is 2.66. The largest absolute Gasteiger partial charge is 0.369 e. The van der Waals surface area contributed by atoms with Crippen molar-refractivity contribution in [2.24, 2.45) is 11.5 Å². The summed E-state index contributed by atoms with van der Waals surface area (Å²) in [6.07, 6.45) is 8.46. The van der Waals surface area contributed by atoms with Gasteiger partial charge in [-0.05, 0) is 35.8 Å². The van der Waals surface area contributed by atoms with E-state index >= 15 is 0 Å². The Morgan fingerprint density at radius 3 is 2.68 bits per heavy atom. The van der Waals surface area contributed by atoms with Crippen LogP contribution in [-0.2, 0) is 16.6 Å². The van der Waals surface area contributed by atoms with Crippen LogP contribution in [0.15, 0.2) is 42.9 Å². The van der Waals surface area contributed by atoms with Crippen molar-refractivity contribution >= 4 is 17.9 Å². The lowest BCUT2D eigenvalue weighted by molar-refractivity contribution is -0.121. The Morgan fingerprint density at radius 1 is 1.23 bits per heavy atom. The van der Waals surface area contributed by atoms with Gasteiger partial charge in [-0.2, -0.15) is 0 Å². The van der Waals surface area contributed by atoms with Crippen LogP contribution in [0.25, 0.3) is 6.08 Å². The van der Waals surface area contributed by atoms with Crippen molar-refractivity contribution in [3.05, 3.63) is 65.2 Å². The lowest BCUT2D eigenvalue weighted by Crippen LogP contribution is -2.43. The minimum absolute atomic E-state index is 0.304. The van der Waals surface area contributed by atoms with E-state index in [1.54, 1.807) is 42.7 Å². The number of hydrogen-bond acceptors (Lipinski definition) is 4. The van der Waals surface area contributed by atoms with Crippen molar-refractivity contribution in [1.82, 2.24) is 9.97 Å². The number of primary amides is 2. The highest BCUT2D eigenvalue weighted by atomic mass is 16.1. The number of rotatable bonds is 3. The van der Waals surface area contributed by atoms with Gasteiger partial charge in [-0.1, -0.05) is 12.1 Å². The monoisotopic (exact) mass is 294 g/mol. The molecule has 0 aromatic carbocycles. The van der Waals surface area contributed by atoms with Crippen LogP contribution in [0.3, 0.4) is 0 Å². The molecule has 2 heterocycles. The topological polar surface area (TPSA) is 112 Å². The third-order valence-electron chi connectivity index (χ3n) is 3.90. The minimum atomic E-state index is -1.00. The van der Waals surface area contributed by atoms with Gasteiger partial charge in [0.1, 0.15) is 0 Å². The maximum Gasteiger partial charge on any atom is 0.250 e. The Labute approximate surface area is 126 Å². The van der Waals surface area contributed by atoms with Gasteiger partial charge in [0.2, 0.25) is 11.8 Å². The Balaban J connectivity index is 2.12. The molecule has 2 aromatic rings. The highest BCUT2D eigenvalue weighted by Crippen LogP contribution is 2.35. The molecule has 4 N–H and O–H groups in total. The summed E-state index contributed by atoms with van der Waals surface area (Å²) in [6.45, 7) is 0. The molecule has 0 saturated carbocycles. The van der Waals surface area contributed by atoms with E-state index in [0.717, 1.165) is 5.56 Å². The Morgan fingerprint density at radius 2 is 2.05 bits per heavy atom. The zero-order chi connectivity index (χ0) is 15.7. The number of nitrogens with two attached hydrogens (primary N) is 2. The second-order valence-electron chi connectivity index (χ2n) is 5.22. The molecule has 6 nitrogen and oxygen atoms in total. The van der Waals surface area contributed by atoms with Crippen LogP contribution in [0, 0.1) is 0 Å². The van der Waals surface area contributed by atoms with Gasteiger partial charge in [0.05, 0.1) is 16.7 Å². The lowest BCUT2D eigenvalue weighted by atomic mass is 9.72. The molecule has 0 saturated heterocycles. The number of hydrogen-bond donors (Lipinski definition) is 2. The first kappa shape index (κ1) is 13.9. The molecular formula is C16H14N4O2. The van der Waals surface area contributed by atoms with Crippen molar-refractivity contribution in [3.63, 3.8) is 0 Å². The van der Waals surface area contributed by atoms with Gasteiger partial charge in [0.15, 0.2) is 0 Å². The van der Waals surface area contributed by atoms with E-state index < -0.39 is 17.2 Å². The summed E-state index contributed by atoms with van der Waals surface area (Å²) >= 11 is 0. The highest BCUT2D eigenvalue weighted by Gasteiger charge is 2.39. The number of nitrogens with zero attached hydrogens (tertiary/aromatic N) is 2. The molecule has 0 fully saturated rings. The number of pyridine rings is 2. The summed E-state index contributed by atoms with van der Waals surface area (Å²) in [5, 5.41) is 0. The van der Waals surface area contributed by atoms with Gasteiger partial charge >= 0.3 is 0 Å². The minimum Gasteiger partial charge on any atom is -0.369 e. The van der Waals surface area contributed by atoms with Crippen LogP contribution in [-0.4, -0.2) is 21.8 Å². The smallest absolute Gasteiger partial charge is 0.250 e. The fourth-order valence-electron chi connectivity index (χ4n) is 2.66. The van der Waals surface area contributed by atoms with Crippen LogP contribution in [0.1, 0.15) is 27.2 Å². The zero-order valence-electron chi connectivity index (χ0n) is 11.7. The average Bonchev–Trinajstić information content (AvgIpc) is 2.54. The molecule has 1 unspecified atom stereocenters. The summed E-state index contributed by atoms with van der Waals surface area (Å²) in [5.41, 5.74) is 12.4. The quantitative estimate of drug-likeness (QED) is 0.861. The van der Waals surface area contributed by atoms with Gasteiger partial charge in [0, 0.05) is 18.6 Å². The normalized spacial score (nSPS) is 19.5. The number of aromatic nitrogens is 2. The van der Waals surface area contributed by atoms with E-state index in [2.05, 4.69) is 9.97 Å². The van der Waals surface area contributed by atoms with E-state index in [0.29, 0.717) is 23.2 Å². The Hall–Kier alpha value is -3.02. The maximum absolute atomic E-state index is 12.1. The predicted molar refractivity (Wildman–Crippen MR) is 80.6 cm³/mol. The molecule has 3 rings (SSSR count). The summed E-state index contributed by atoms with van der Waals surface area (Å²) in [4.78, 5) is 31.7. The van der Waals surface area contributed by atoms with Crippen LogP contribution < -0.4 is 11.5 Å². The molecule has 1 aliphatic rings. The van der Waals surface area contributed by atoms with Gasteiger partial charge < -0.3 is 11.5 Å². The molecule has 110 valence electrons. The van der Waals surface area contributed by atoms with Crippen LogP contribution >= 0.6 is 0 Å². The van der Waals surface area contributed by atoms with Gasteiger partial charge in [-0.25, -0.2) is 0 Å². The molecule has 2 amide bonds. The van der Waals surface area contributed by atoms with E-state index in [-0.39, 0.29) is 0 Å². The first-order chi connectivity index (χ1) is 10.5. The zero-order valence-corrected chi connectivity index (χ0v) is 11.7. The van der Waals surface area contributed by atoms with E-state index in [1.165, 1.54) is 6.20 Å². The van der Waals surface area contributed by atoms with Crippen LogP contribution in [0.5, 0.6) is 0 Å². The molecule has 6 heteroatoms. The van der Waals surface area contributed by atoms with Crippen molar-refractivity contribution in [3.8, 4) is 0 Å². The Bertz CT molecular complexity index is 786. The number of carbonyl (C=O) groups excluding carboxylic acids is 2. The molecule has 0 radical (unpaired) electrons. The third-order valence-corrected chi connectivity index (χ3v) is 3.90. The molecule has 0 spiro atoms. The molecular weight excluding hydrogens is 280 g/mol. The van der Waals surface area contributed by atoms with E-state index in [9.17, 15) is 9.59 Å². The first-order valence-electron chi connectivity index (χ1n) is 6.71. The summed E-state index contributed by atoms with van der Waals surface area (Å²) in [6, 6.07) is 5.21. The van der Waals surface area contributed by atoms with E-state index in [1.807, 2.05) is 0 Å². The van der Waals surface area contributed by atoms with Crippen LogP contribution in [0.4, 0.5) is 0 Å². The number of fused-ring (bicyclic) bond motifs is 1. The highest BCUT2D eigenvalue weighted by molar-refractivity contribution is 5.94. The van der Waals surface area contributed by atoms with E-state index in [4.69, 9.17) is 11.5 Å². The molecule has 22 heavy (non-hydrogen) atoms. The summed E-state index contributed by atoms with van der Waals surface area (Å²) in [7, 11) is 0. The van der Waals surface area contributed by atoms with Gasteiger partial charge in [0.25, 0.3) is 0 Å². The number of amides is 2. The molecule has 0 aliphatic heterocycles.